The SMILES string of the molecule is COCCCNC(=S)N(C)NC(=O)CNC(=O)c1ccc(Br)cc1. The van der Waals surface area contributed by atoms with Crippen molar-refractivity contribution in [3.8, 4) is 0 Å². The van der Waals surface area contributed by atoms with E-state index in [4.69, 9.17) is 17.0 Å². The number of hydrogen-bond acceptors (Lipinski definition) is 4. The van der Waals surface area contributed by atoms with Crippen molar-refractivity contribution in [1.29, 1.82) is 0 Å². The molecule has 0 aliphatic heterocycles. The van der Waals surface area contributed by atoms with Gasteiger partial charge in [-0.15, -0.1) is 0 Å². The van der Waals surface area contributed by atoms with Gasteiger partial charge in [0.05, 0.1) is 6.54 Å². The van der Waals surface area contributed by atoms with Gasteiger partial charge in [0.15, 0.2) is 5.11 Å². The van der Waals surface area contributed by atoms with Gasteiger partial charge in [-0.05, 0) is 42.9 Å². The van der Waals surface area contributed by atoms with Crippen LogP contribution in [0.5, 0.6) is 0 Å². The van der Waals surface area contributed by atoms with Crippen molar-refractivity contribution in [2.75, 3.05) is 33.9 Å². The highest BCUT2D eigenvalue weighted by Crippen LogP contribution is 2.10. The topological polar surface area (TPSA) is 82.7 Å². The molecule has 24 heavy (non-hydrogen) atoms. The van der Waals surface area contributed by atoms with Crippen LogP contribution < -0.4 is 16.1 Å². The number of nitrogens with zero attached hydrogens (tertiary/aromatic N) is 1. The van der Waals surface area contributed by atoms with E-state index in [-0.39, 0.29) is 18.4 Å². The minimum Gasteiger partial charge on any atom is -0.385 e. The van der Waals surface area contributed by atoms with Crippen LogP contribution in [0, 0.1) is 0 Å². The molecule has 7 nitrogen and oxygen atoms in total. The second kappa shape index (κ2) is 11.0. The Morgan fingerprint density at radius 3 is 2.54 bits per heavy atom. The molecule has 0 atom stereocenters. The maximum atomic E-state index is 11.9. The van der Waals surface area contributed by atoms with Crippen molar-refractivity contribution in [2.24, 2.45) is 0 Å². The fourth-order valence-corrected chi connectivity index (χ4v) is 2.08. The minimum absolute atomic E-state index is 0.147. The van der Waals surface area contributed by atoms with Crippen molar-refractivity contribution in [3.05, 3.63) is 34.3 Å². The Bertz CT molecular complexity index is 568. The molecular formula is C15H21BrN4O3S. The van der Waals surface area contributed by atoms with E-state index in [0.29, 0.717) is 23.8 Å². The summed E-state index contributed by atoms with van der Waals surface area (Å²) in [5.74, 6) is -0.690. The molecule has 0 spiro atoms. The zero-order valence-corrected chi connectivity index (χ0v) is 16.0. The summed E-state index contributed by atoms with van der Waals surface area (Å²) in [7, 11) is 3.26. The van der Waals surface area contributed by atoms with Crippen molar-refractivity contribution in [1.82, 2.24) is 21.1 Å². The lowest BCUT2D eigenvalue weighted by Gasteiger charge is -2.21. The number of benzene rings is 1. The Labute approximate surface area is 155 Å². The van der Waals surface area contributed by atoms with Gasteiger partial charge in [-0.1, -0.05) is 15.9 Å². The first-order valence-electron chi connectivity index (χ1n) is 7.27. The van der Waals surface area contributed by atoms with Crippen LogP contribution in [0.4, 0.5) is 0 Å². The molecule has 0 fully saturated rings. The molecule has 132 valence electrons. The van der Waals surface area contributed by atoms with E-state index in [9.17, 15) is 9.59 Å². The Hall–Kier alpha value is -1.71. The first kappa shape index (κ1) is 20.3. The summed E-state index contributed by atoms with van der Waals surface area (Å²) in [5, 5.41) is 7.33. The molecule has 2 amide bonds. The number of rotatable bonds is 7. The number of hydrogen-bond donors (Lipinski definition) is 3. The van der Waals surface area contributed by atoms with Gasteiger partial charge < -0.3 is 15.4 Å². The smallest absolute Gasteiger partial charge is 0.257 e. The maximum Gasteiger partial charge on any atom is 0.257 e. The molecule has 0 saturated carbocycles. The zero-order chi connectivity index (χ0) is 17.9. The molecule has 9 heteroatoms. The highest BCUT2D eigenvalue weighted by atomic mass is 79.9. The highest BCUT2D eigenvalue weighted by Gasteiger charge is 2.10. The van der Waals surface area contributed by atoms with Gasteiger partial charge in [0, 0.05) is 37.3 Å². The number of hydrazine groups is 1. The summed E-state index contributed by atoms with van der Waals surface area (Å²) in [5.41, 5.74) is 3.05. The molecular weight excluding hydrogens is 396 g/mol. The van der Waals surface area contributed by atoms with Gasteiger partial charge in [0.25, 0.3) is 11.8 Å². The predicted molar refractivity (Wildman–Crippen MR) is 99.5 cm³/mol. The largest absolute Gasteiger partial charge is 0.385 e. The van der Waals surface area contributed by atoms with E-state index in [2.05, 4.69) is 32.0 Å². The maximum absolute atomic E-state index is 11.9. The number of methoxy groups -OCH3 is 1. The quantitative estimate of drug-likeness (QED) is 0.350. The van der Waals surface area contributed by atoms with Crippen LogP contribution in [0.25, 0.3) is 0 Å². The van der Waals surface area contributed by atoms with Gasteiger partial charge in [0.1, 0.15) is 0 Å². The summed E-state index contributed by atoms with van der Waals surface area (Å²) in [4.78, 5) is 23.8. The molecule has 0 bridgehead atoms. The number of thiocarbonyl (C=S) groups is 1. The minimum atomic E-state index is -0.371. The third-order valence-electron chi connectivity index (χ3n) is 2.91. The summed E-state index contributed by atoms with van der Waals surface area (Å²) in [6, 6.07) is 6.86. The standard InChI is InChI=1S/C15H21BrN4O3S/c1-20(15(24)17-8-3-9-23-2)19-13(21)10-18-14(22)11-4-6-12(16)7-5-11/h4-7H,3,8-10H2,1-2H3,(H,17,24)(H,18,22)(H,19,21). The molecule has 1 rings (SSSR count). The zero-order valence-electron chi connectivity index (χ0n) is 13.6. The lowest BCUT2D eigenvalue weighted by atomic mass is 10.2. The molecule has 0 aliphatic rings. The van der Waals surface area contributed by atoms with Gasteiger partial charge in [0.2, 0.25) is 0 Å². The number of halogens is 1. The summed E-state index contributed by atoms with van der Waals surface area (Å²) < 4.78 is 5.82. The molecule has 0 radical (unpaired) electrons. The Morgan fingerprint density at radius 2 is 1.92 bits per heavy atom. The Kier molecular flexibility index (Phi) is 9.28. The molecule has 1 aromatic rings. The van der Waals surface area contributed by atoms with E-state index in [1.54, 1.807) is 38.4 Å². The van der Waals surface area contributed by atoms with Crippen LogP contribution in [-0.2, 0) is 9.53 Å². The van der Waals surface area contributed by atoms with Gasteiger partial charge in [-0.2, -0.15) is 0 Å². The number of amides is 2. The van der Waals surface area contributed by atoms with E-state index in [1.165, 1.54) is 5.01 Å². The molecule has 0 aromatic heterocycles. The van der Waals surface area contributed by atoms with E-state index in [1.807, 2.05) is 0 Å². The molecule has 0 heterocycles. The normalized spacial score (nSPS) is 9.96. The van der Waals surface area contributed by atoms with Crippen LogP contribution in [0.2, 0.25) is 0 Å². The first-order chi connectivity index (χ1) is 11.4. The summed E-state index contributed by atoms with van der Waals surface area (Å²) >= 11 is 8.43. The Morgan fingerprint density at radius 1 is 1.25 bits per heavy atom. The Balaban J connectivity index is 2.30. The summed E-state index contributed by atoms with van der Waals surface area (Å²) in [6.07, 6.45) is 0.807. The fourth-order valence-electron chi connectivity index (χ4n) is 1.67. The predicted octanol–water partition coefficient (Wildman–Crippen LogP) is 1.05. The molecule has 0 saturated heterocycles. The number of nitrogens with one attached hydrogen (secondary N) is 3. The molecule has 0 aliphatic carbocycles. The number of carbonyl (C=O) groups is 2. The van der Waals surface area contributed by atoms with Gasteiger partial charge in [-0.25, -0.2) is 0 Å². The first-order valence-corrected chi connectivity index (χ1v) is 8.48. The van der Waals surface area contributed by atoms with Crippen molar-refractivity contribution >= 4 is 45.1 Å². The van der Waals surface area contributed by atoms with Crippen molar-refractivity contribution in [2.45, 2.75) is 6.42 Å². The molecule has 1 aromatic carbocycles. The average molecular weight is 417 g/mol. The van der Waals surface area contributed by atoms with Crippen molar-refractivity contribution < 1.29 is 14.3 Å². The monoisotopic (exact) mass is 416 g/mol. The van der Waals surface area contributed by atoms with Gasteiger partial charge >= 0.3 is 0 Å². The molecule has 0 unspecified atom stereocenters. The van der Waals surface area contributed by atoms with Crippen LogP contribution in [0.1, 0.15) is 16.8 Å². The number of ether oxygens (including phenoxy) is 1. The lowest BCUT2D eigenvalue weighted by molar-refractivity contribution is -0.122. The van der Waals surface area contributed by atoms with E-state index >= 15 is 0 Å². The fraction of sp³-hybridized carbons (Fsp3) is 0.400. The van der Waals surface area contributed by atoms with Crippen LogP contribution in [0.15, 0.2) is 28.7 Å². The van der Waals surface area contributed by atoms with Crippen molar-refractivity contribution in [3.63, 3.8) is 0 Å². The second-order valence-electron chi connectivity index (χ2n) is 4.86. The third-order valence-corrected chi connectivity index (χ3v) is 3.86. The third kappa shape index (κ3) is 7.71. The average Bonchev–Trinajstić information content (AvgIpc) is 2.57. The van der Waals surface area contributed by atoms with Crippen LogP contribution in [0.3, 0.4) is 0 Å². The number of carbonyl (C=O) groups excluding carboxylic acids is 2. The van der Waals surface area contributed by atoms with E-state index < -0.39 is 0 Å². The molecule has 3 N–H and O–H groups in total. The lowest BCUT2D eigenvalue weighted by Crippen LogP contribution is -2.50. The van der Waals surface area contributed by atoms with Crippen LogP contribution in [-0.4, -0.2) is 55.8 Å². The van der Waals surface area contributed by atoms with Gasteiger partial charge in [-0.3, -0.25) is 20.0 Å². The van der Waals surface area contributed by atoms with Crippen LogP contribution >= 0.6 is 28.1 Å². The second-order valence-corrected chi connectivity index (χ2v) is 6.16. The summed E-state index contributed by atoms with van der Waals surface area (Å²) in [6.45, 7) is 1.13. The highest BCUT2D eigenvalue weighted by molar-refractivity contribution is 9.10. The van der Waals surface area contributed by atoms with E-state index in [0.717, 1.165) is 10.9 Å².